The number of nitrogens with one attached hydrogen (secondary N) is 1. The summed E-state index contributed by atoms with van der Waals surface area (Å²) in [7, 11) is 0. The lowest BCUT2D eigenvalue weighted by molar-refractivity contribution is -0.115. The van der Waals surface area contributed by atoms with Crippen molar-refractivity contribution in [3.05, 3.63) is 42.2 Å². The van der Waals surface area contributed by atoms with Crippen LogP contribution in [-0.4, -0.2) is 17.7 Å². The standard InChI is InChI=1S/C13H14N2O3/c1-2-17-11-5-3-10(4-6-11)9-13(16)14-12-7-8-18-15-12/h3-8H,2,9H2,1H3,(H,14,15,16). The number of rotatable bonds is 5. The van der Waals surface area contributed by atoms with Crippen molar-refractivity contribution in [3.63, 3.8) is 0 Å². The van der Waals surface area contributed by atoms with Gasteiger partial charge in [-0.2, -0.15) is 0 Å². The van der Waals surface area contributed by atoms with Crippen LogP contribution in [0.15, 0.2) is 41.1 Å². The van der Waals surface area contributed by atoms with Gasteiger partial charge in [0.05, 0.1) is 13.0 Å². The van der Waals surface area contributed by atoms with Gasteiger partial charge in [-0.1, -0.05) is 17.3 Å². The molecule has 0 radical (unpaired) electrons. The Morgan fingerprint density at radius 1 is 1.33 bits per heavy atom. The third-order valence-electron chi connectivity index (χ3n) is 2.30. The first kappa shape index (κ1) is 12.2. The minimum atomic E-state index is -0.131. The van der Waals surface area contributed by atoms with Crippen molar-refractivity contribution < 1.29 is 14.1 Å². The molecule has 0 aliphatic heterocycles. The number of hydrogen-bond acceptors (Lipinski definition) is 4. The number of carbonyl (C=O) groups is 1. The summed E-state index contributed by atoms with van der Waals surface area (Å²) in [6, 6.07) is 9.03. The predicted molar refractivity (Wildman–Crippen MR) is 66.4 cm³/mol. The molecule has 0 spiro atoms. The van der Waals surface area contributed by atoms with Crippen LogP contribution >= 0.6 is 0 Å². The number of carbonyl (C=O) groups excluding carboxylic acids is 1. The summed E-state index contributed by atoms with van der Waals surface area (Å²) in [6.45, 7) is 2.56. The lowest BCUT2D eigenvalue weighted by Crippen LogP contribution is -2.14. The maximum Gasteiger partial charge on any atom is 0.230 e. The monoisotopic (exact) mass is 246 g/mol. The van der Waals surface area contributed by atoms with Crippen LogP contribution in [0.3, 0.4) is 0 Å². The molecule has 0 aliphatic rings. The molecule has 0 fully saturated rings. The second-order valence-electron chi connectivity index (χ2n) is 3.69. The van der Waals surface area contributed by atoms with Gasteiger partial charge in [-0.3, -0.25) is 4.79 Å². The molecule has 18 heavy (non-hydrogen) atoms. The quantitative estimate of drug-likeness (QED) is 0.878. The first-order valence-corrected chi connectivity index (χ1v) is 5.70. The molecule has 0 saturated carbocycles. The Labute approximate surface area is 105 Å². The van der Waals surface area contributed by atoms with Gasteiger partial charge in [0.1, 0.15) is 12.0 Å². The number of amides is 1. The van der Waals surface area contributed by atoms with Crippen LogP contribution < -0.4 is 10.1 Å². The Kier molecular flexibility index (Phi) is 3.96. The fraction of sp³-hybridized carbons (Fsp3) is 0.231. The lowest BCUT2D eigenvalue weighted by atomic mass is 10.1. The molecule has 1 heterocycles. The van der Waals surface area contributed by atoms with Crippen LogP contribution in [0.1, 0.15) is 12.5 Å². The van der Waals surface area contributed by atoms with Gasteiger partial charge in [-0.05, 0) is 24.6 Å². The van der Waals surface area contributed by atoms with Gasteiger partial charge >= 0.3 is 0 Å². The van der Waals surface area contributed by atoms with E-state index in [1.54, 1.807) is 6.07 Å². The Morgan fingerprint density at radius 3 is 2.72 bits per heavy atom. The van der Waals surface area contributed by atoms with E-state index in [9.17, 15) is 4.79 Å². The average molecular weight is 246 g/mol. The van der Waals surface area contributed by atoms with Crippen LogP contribution in [0.5, 0.6) is 5.75 Å². The minimum absolute atomic E-state index is 0.131. The fourth-order valence-corrected chi connectivity index (χ4v) is 1.52. The molecule has 1 amide bonds. The van der Waals surface area contributed by atoms with Gasteiger partial charge < -0.3 is 14.6 Å². The first-order chi connectivity index (χ1) is 8.78. The predicted octanol–water partition coefficient (Wildman–Crippen LogP) is 2.25. The highest BCUT2D eigenvalue weighted by atomic mass is 16.5. The van der Waals surface area contributed by atoms with Crippen molar-refractivity contribution in [3.8, 4) is 5.75 Å². The zero-order chi connectivity index (χ0) is 12.8. The average Bonchev–Trinajstić information content (AvgIpc) is 2.84. The second kappa shape index (κ2) is 5.86. The number of anilines is 1. The van der Waals surface area contributed by atoms with E-state index >= 15 is 0 Å². The maximum absolute atomic E-state index is 11.7. The van der Waals surface area contributed by atoms with E-state index in [1.165, 1.54) is 6.26 Å². The number of hydrogen-bond donors (Lipinski definition) is 1. The summed E-state index contributed by atoms with van der Waals surface area (Å²) in [4.78, 5) is 11.7. The molecular weight excluding hydrogens is 232 g/mol. The molecule has 5 nitrogen and oxygen atoms in total. The zero-order valence-corrected chi connectivity index (χ0v) is 10.1. The smallest absolute Gasteiger partial charge is 0.230 e. The number of nitrogens with zero attached hydrogens (tertiary/aromatic N) is 1. The van der Waals surface area contributed by atoms with Crippen LogP contribution in [0.2, 0.25) is 0 Å². The number of benzene rings is 1. The van der Waals surface area contributed by atoms with Crippen LogP contribution in [0.4, 0.5) is 5.82 Å². The Balaban J connectivity index is 1.90. The Hall–Kier alpha value is -2.30. The van der Waals surface area contributed by atoms with Crippen molar-refractivity contribution in [1.82, 2.24) is 5.16 Å². The zero-order valence-electron chi connectivity index (χ0n) is 10.1. The van der Waals surface area contributed by atoms with Crippen molar-refractivity contribution in [2.75, 3.05) is 11.9 Å². The molecule has 1 aromatic carbocycles. The van der Waals surface area contributed by atoms with E-state index < -0.39 is 0 Å². The van der Waals surface area contributed by atoms with E-state index in [4.69, 9.17) is 4.74 Å². The highest BCUT2D eigenvalue weighted by molar-refractivity contribution is 5.91. The van der Waals surface area contributed by atoms with Gasteiger partial charge in [-0.25, -0.2) is 0 Å². The van der Waals surface area contributed by atoms with Crippen LogP contribution in [0, 0.1) is 0 Å². The molecule has 2 rings (SSSR count). The van der Waals surface area contributed by atoms with E-state index in [2.05, 4.69) is 15.0 Å². The summed E-state index contributed by atoms with van der Waals surface area (Å²) >= 11 is 0. The maximum atomic E-state index is 11.7. The number of aromatic nitrogens is 1. The number of ether oxygens (including phenoxy) is 1. The van der Waals surface area contributed by atoms with Crippen LogP contribution in [0.25, 0.3) is 0 Å². The third kappa shape index (κ3) is 3.35. The summed E-state index contributed by atoms with van der Waals surface area (Å²) < 4.78 is 9.96. The van der Waals surface area contributed by atoms with E-state index in [-0.39, 0.29) is 5.91 Å². The van der Waals surface area contributed by atoms with E-state index in [0.29, 0.717) is 18.8 Å². The first-order valence-electron chi connectivity index (χ1n) is 5.70. The summed E-state index contributed by atoms with van der Waals surface area (Å²) in [5.41, 5.74) is 0.916. The Bertz CT molecular complexity index is 491. The van der Waals surface area contributed by atoms with Crippen molar-refractivity contribution in [2.45, 2.75) is 13.3 Å². The van der Waals surface area contributed by atoms with Crippen molar-refractivity contribution in [2.24, 2.45) is 0 Å². The van der Waals surface area contributed by atoms with Gasteiger partial charge in [0, 0.05) is 6.07 Å². The van der Waals surface area contributed by atoms with Gasteiger partial charge in [0.15, 0.2) is 5.82 Å². The van der Waals surface area contributed by atoms with Gasteiger partial charge in [-0.15, -0.1) is 0 Å². The summed E-state index contributed by atoms with van der Waals surface area (Å²) in [6.07, 6.45) is 1.70. The van der Waals surface area contributed by atoms with Crippen molar-refractivity contribution >= 4 is 11.7 Å². The molecule has 0 atom stereocenters. The normalized spacial score (nSPS) is 10.1. The minimum Gasteiger partial charge on any atom is -0.494 e. The third-order valence-corrected chi connectivity index (χ3v) is 2.30. The molecule has 1 N–H and O–H groups in total. The molecule has 0 bridgehead atoms. The molecule has 1 aromatic heterocycles. The van der Waals surface area contributed by atoms with E-state index in [1.807, 2.05) is 31.2 Å². The highest BCUT2D eigenvalue weighted by Gasteiger charge is 2.05. The largest absolute Gasteiger partial charge is 0.494 e. The highest BCUT2D eigenvalue weighted by Crippen LogP contribution is 2.13. The molecule has 0 aliphatic carbocycles. The summed E-state index contributed by atoms with van der Waals surface area (Å²) in [5, 5.41) is 6.24. The molecule has 0 saturated heterocycles. The van der Waals surface area contributed by atoms with Crippen molar-refractivity contribution in [1.29, 1.82) is 0 Å². The fourth-order valence-electron chi connectivity index (χ4n) is 1.52. The van der Waals surface area contributed by atoms with Gasteiger partial charge in [0.2, 0.25) is 5.91 Å². The topological polar surface area (TPSA) is 64.4 Å². The molecule has 0 unspecified atom stereocenters. The lowest BCUT2D eigenvalue weighted by Gasteiger charge is -2.05. The van der Waals surface area contributed by atoms with Crippen LogP contribution in [-0.2, 0) is 11.2 Å². The van der Waals surface area contributed by atoms with E-state index in [0.717, 1.165) is 11.3 Å². The molecule has 5 heteroatoms. The SMILES string of the molecule is CCOc1ccc(CC(=O)Nc2ccon2)cc1. The Morgan fingerprint density at radius 2 is 2.11 bits per heavy atom. The molecule has 94 valence electrons. The molecular formula is C13H14N2O3. The summed E-state index contributed by atoms with van der Waals surface area (Å²) in [5.74, 6) is 1.09. The molecule has 2 aromatic rings. The van der Waals surface area contributed by atoms with Gasteiger partial charge in [0.25, 0.3) is 0 Å². The second-order valence-corrected chi connectivity index (χ2v) is 3.69.